The number of carboxylic acids is 1. The van der Waals surface area contributed by atoms with Crippen LogP contribution in [0, 0.1) is 0 Å². The van der Waals surface area contributed by atoms with E-state index in [1.54, 1.807) is 0 Å². The monoisotopic (exact) mass is 508 g/mol. The SMILES string of the molecule is CCCCC[C@@H](O)CC(=O)O[C@H](CCCCC)C[C@@H](CC(=O)O)O[C@@H]1O[C@H](CO)[C@@H](O)[C@H](O)[C@@H]1O. The lowest BCUT2D eigenvalue weighted by molar-refractivity contribution is -0.312. The van der Waals surface area contributed by atoms with E-state index in [1.165, 1.54) is 0 Å². The van der Waals surface area contributed by atoms with Gasteiger partial charge in [0.1, 0.15) is 30.5 Å². The summed E-state index contributed by atoms with van der Waals surface area (Å²) in [7, 11) is 0. The summed E-state index contributed by atoms with van der Waals surface area (Å²) in [6.07, 6.45) is -4.58. The van der Waals surface area contributed by atoms with Crippen molar-refractivity contribution in [3.63, 3.8) is 0 Å². The number of aliphatic hydroxyl groups is 5. The smallest absolute Gasteiger partial charge is 0.308 e. The Labute approximate surface area is 207 Å². The molecule has 0 bridgehead atoms. The van der Waals surface area contributed by atoms with Gasteiger partial charge in [-0.2, -0.15) is 0 Å². The molecular formula is C24H44O11. The summed E-state index contributed by atoms with van der Waals surface area (Å²) >= 11 is 0. The molecule has 0 saturated carbocycles. The summed E-state index contributed by atoms with van der Waals surface area (Å²) in [6, 6.07) is 0. The number of ether oxygens (including phenoxy) is 3. The molecule has 1 rings (SSSR count). The van der Waals surface area contributed by atoms with Crippen LogP contribution in [0.4, 0.5) is 0 Å². The number of hydrogen-bond acceptors (Lipinski definition) is 10. The van der Waals surface area contributed by atoms with Crippen molar-refractivity contribution in [1.82, 2.24) is 0 Å². The summed E-state index contributed by atoms with van der Waals surface area (Å²) in [5.41, 5.74) is 0. The van der Waals surface area contributed by atoms with Crippen LogP contribution in [-0.2, 0) is 23.8 Å². The van der Waals surface area contributed by atoms with Crippen LogP contribution in [-0.4, -0.2) is 98.2 Å². The molecule has 1 fully saturated rings. The third-order valence-corrected chi connectivity index (χ3v) is 6.07. The highest BCUT2D eigenvalue weighted by molar-refractivity contribution is 5.70. The number of carbonyl (C=O) groups is 2. The Morgan fingerprint density at radius 1 is 0.886 bits per heavy atom. The molecule has 35 heavy (non-hydrogen) atoms. The average Bonchev–Trinajstić information content (AvgIpc) is 2.79. The minimum Gasteiger partial charge on any atom is -0.481 e. The number of hydrogen-bond donors (Lipinski definition) is 6. The zero-order chi connectivity index (χ0) is 26.4. The molecule has 0 unspecified atom stereocenters. The quantitative estimate of drug-likeness (QED) is 0.114. The number of aliphatic carboxylic acids is 1. The van der Waals surface area contributed by atoms with Crippen LogP contribution in [0.25, 0.3) is 0 Å². The molecule has 1 heterocycles. The van der Waals surface area contributed by atoms with Crippen molar-refractivity contribution in [1.29, 1.82) is 0 Å². The van der Waals surface area contributed by atoms with Gasteiger partial charge in [0.05, 0.1) is 31.7 Å². The second kappa shape index (κ2) is 17.2. The zero-order valence-corrected chi connectivity index (χ0v) is 20.8. The number of rotatable bonds is 18. The molecule has 206 valence electrons. The standard InChI is InChI=1S/C24H44O11/c1-3-5-7-9-15(26)11-20(29)33-16(10-8-6-4-2)12-17(13-19(27)28)34-24-23(32)22(31)21(30)18(14-25)35-24/h15-18,21-26,30-32H,3-14H2,1-2H3,(H,27,28)/t15-,16-,17+,18-,21-,22+,23+,24-/m1/s1. The number of esters is 1. The fraction of sp³-hybridized carbons (Fsp3) is 0.917. The minimum atomic E-state index is -1.68. The molecule has 8 atom stereocenters. The Balaban J connectivity index is 2.85. The molecule has 0 radical (unpaired) electrons. The first kappa shape index (κ1) is 31.7. The lowest BCUT2D eigenvalue weighted by Gasteiger charge is -2.41. The maximum atomic E-state index is 12.4. The van der Waals surface area contributed by atoms with E-state index in [4.69, 9.17) is 14.2 Å². The van der Waals surface area contributed by atoms with Crippen molar-refractivity contribution in [2.45, 2.75) is 133 Å². The summed E-state index contributed by atoms with van der Waals surface area (Å²) in [5, 5.41) is 59.0. The van der Waals surface area contributed by atoms with Crippen LogP contribution < -0.4 is 0 Å². The van der Waals surface area contributed by atoms with Crippen LogP contribution in [0.15, 0.2) is 0 Å². The molecule has 1 aliphatic heterocycles. The topological polar surface area (TPSA) is 183 Å². The number of aliphatic hydroxyl groups excluding tert-OH is 5. The van der Waals surface area contributed by atoms with E-state index < -0.39 is 74.0 Å². The highest BCUT2D eigenvalue weighted by Crippen LogP contribution is 2.26. The van der Waals surface area contributed by atoms with E-state index in [0.29, 0.717) is 12.8 Å². The van der Waals surface area contributed by atoms with E-state index in [0.717, 1.165) is 38.5 Å². The van der Waals surface area contributed by atoms with Gasteiger partial charge in [-0.15, -0.1) is 0 Å². The molecule has 0 aromatic heterocycles. The molecule has 0 aliphatic carbocycles. The fourth-order valence-electron chi connectivity index (χ4n) is 4.05. The molecule has 0 aromatic carbocycles. The van der Waals surface area contributed by atoms with Gasteiger partial charge < -0.3 is 44.8 Å². The predicted molar refractivity (Wildman–Crippen MR) is 124 cm³/mol. The Bertz CT molecular complexity index is 600. The summed E-state index contributed by atoms with van der Waals surface area (Å²) in [4.78, 5) is 23.9. The highest BCUT2D eigenvalue weighted by Gasteiger charge is 2.45. The van der Waals surface area contributed by atoms with Crippen molar-refractivity contribution in [3.05, 3.63) is 0 Å². The van der Waals surface area contributed by atoms with E-state index in [2.05, 4.69) is 0 Å². The molecule has 11 nitrogen and oxygen atoms in total. The predicted octanol–water partition coefficient (Wildman–Crippen LogP) is 0.860. The first-order valence-electron chi connectivity index (χ1n) is 12.7. The normalized spacial score (nSPS) is 27.2. The van der Waals surface area contributed by atoms with E-state index in [9.17, 15) is 40.2 Å². The minimum absolute atomic E-state index is 0.0112. The Morgan fingerprint density at radius 2 is 1.51 bits per heavy atom. The van der Waals surface area contributed by atoms with E-state index in [1.807, 2.05) is 13.8 Å². The zero-order valence-electron chi connectivity index (χ0n) is 20.8. The Kier molecular flexibility index (Phi) is 15.5. The summed E-state index contributed by atoms with van der Waals surface area (Å²) in [6.45, 7) is 3.41. The van der Waals surface area contributed by atoms with Crippen LogP contribution in [0.3, 0.4) is 0 Å². The first-order chi connectivity index (χ1) is 16.6. The molecule has 0 spiro atoms. The largest absolute Gasteiger partial charge is 0.481 e. The van der Waals surface area contributed by atoms with Crippen molar-refractivity contribution >= 4 is 11.9 Å². The third-order valence-electron chi connectivity index (χ3n) is 6.07. The van der Waals surface area contributed by atoms with Crippen LogP contribution in [0.1, 0.15) is 84.5 Å². The van der Waals surface area contributed by atoms with Crippen molar-refractivity contribution < 1.29 is 54.4 Å². The summed E-state index contributed by atoms with van der Waals surface area (Å²) in [5.74, 6) is -1.78. The van der Waals surface area contributed by atoms with Gasteiger partial charge in [0, 0.05) is 6.42 Å². The van der Waals surface area contributed by atoms with Gasteiger partial charge in [-0.05, 0) is 19.3 Å². The van der Waals surface area contributed by atoms with Gasteiger partial charge in [0.2, 0.25) is 0 Å². The molecule has 0 aromatic rings. The van der Waals surface area contributed by atoms with E-state index >= 15 is 0 Å². The number of unbranched alkanes of at least 4 members (excludes halogenated alkanes) is 4. The first-order valence-corrected chi connectivity index (χ1v) is 12.7. The number of carbonyl (C=O) groups excluding carboxylic acids is 1. The third kappa shape index (κ3) is 12.0. The maximum absolute atomic E-state index is 12.4. The van der Waals surface area contributed by atoms with Gasteiger partial charge in [-0.1, -0.05) is 46.0 Å². The Morgan fingerprint density at radius 3 is 2.09 bits per heavy atom. The Hall–Kier alpha value is -1.34. The van der Waals surface area contributed by atoms with Gasteiger partial charge in [0.25, 0.3) is 0 Å². The average molecular weight is 509 g/mol. The van der Waals surface area contributed by atoms with Gasteiger partial charge in [-0.3, -0.25) is 9.59 Å². The molecule has 6 N–H and O–H groups in total. The lowest BCUT2D eigenvalue weighted by atomic mass is 9.98. The number of carboxylic acid groups (broad SMARTS) is 1. The van der Waals surface area contributed by atoms with Gasteiger partial charge >= 0.3 is 11.9 Å². The van der Waals surface area contributed by atoms with Crippen LogP contribution in [0.2, 0.25) is 0 Å². The summed E-state index contributed by atoms with van der Waals surface area (Å²) < 4.78 is 16.6. The van der Waals surface area contributed by atoms with Crippen molar-refractivity contribution in [2.75, 3.05) is 6.61 Å². The fourth-order valence-corrected chi connectivity index (χ4v) is 4.05. The maximum Gasteiger partial charge on any atom is 0.308 e. The second-order valence-corrected chi connectivity index (χ2v) is 9.25. The van der Waals surface area contributed by atoms with Gasteiger partial charge in [0.15, 0.2) is 6.29 Å². The van der Waals surface area contributed by atoms with Crippen molar-refractivity contribution in [2.24, 2.45) is 0 Å². The lowest BCUT2D eigenvalue weighted by Crippen LogP contribution is -2.59. The molecule has 0 amide bonds. The molecular weight excluding hydrogens is 464 g/mol. The molecule has 1 saturated heterocycles. The van der Waals surface area contributed by atoms with E-state index in [-0.39, 0.29) is 12.8 Å². The van der Waals surface area contributed by atoms with Gasteiger partial charge in [-0.25, -0.2) is 0 Å². The molecule has 11 heteroatoms. The molecule has 1 aliphatic rings. The van der Waals surface area contributed by atoms with Crippen LogP contribution >= 0.6 is 0 Å². The van der Waals surface area contributed by atoms with Crippen LogP contribution in [0.5, 0.6) is 0 Å². The second-order valence-electron chi connectivity index (χ2n) is 9.25. The van der Waals surface area contributed by atoms with Crippen molar-refractivity contribution in [3.8, 4) is 0 Å². The highest BCUT2D eigenvalue weighted by atomic mass is 16.7.